The van der Waals surface area contributed by atoms with E-state index in [9.17, 15) is 14.0 Å². The van der Waals surface area contributed by atoms with Crippen LogP contribution >= 0.6 is 11.6 Å². The quantitative estimate of drug-likeness (QED) is 0.578. The van der Waals surface area contributed by atoms with Crippen LogP contribution in [0.25, 0.3) is 5.65 Å². The van der Waals surface area contributed by atoms with E-state index in [1.807, 2.05) is 0 Å². The molecule has 1 spiro atoms. The Balaban J connectivity index is 1.23. The summed E-state index contributed by atoms with van der Waals surface area (Å²) in [6, 6.07) is 4.05. The molecule has 0 atom stereocenters. The summed E-state index contributed by atoms with van der Waals surface area (Å²) < 4.78 is 15.0. The molecule has 5 rings (SSSR count). The Bertz CT molecular complexity index is 1250. The first-order valence-corrected chi connectivity index (χ1v) is 11.8. The Morgan fingerprint density at radius 1 is 1.26 bits per heavy atom. The summed E-state index contributed by atoms with van der Waals surface area (Å²) in [6.45, 7) is 0.565. The SMILES string of the molecule is O=C(NC1CCC2(CC1)CCN(c1ccc(F)cc1Cl)C2=O)c1cnn2cc(CCO)cnc12. The highest BCUT2D eigenvalue weighted by Gasteiger charge is 2.49. The van der Waals surface area contributed by atoms with E-state index in [1.165, 1.54) is 18.3 Å². The molecule has 0 radical (unpaired) electrons. The first kappa shape index (κ1) is 22.7. The summed E-state index contributed by atoms with van der Waals surface area (Å²) >= 11 is 6.19. The zero-order chi connectivity index (χ0) is 23.9. The zero-order valence-corrected chi connectivity index (χ0v) is 19.3. The second-order valence-electron chi connectivity index (χ2n) is 9.09. The molecule has 178 valence electrons. The highest BCUT2D eigenvalue weighted by molar-refractivity contribution is 6.34. The second kappa shape index (κ2) is 8.96. The van der Waals surface area contributed by atoms with Crippen molar-refractivity contribution < 1.29 is 19.1 Å². The molecule has 0 bridgehead atoms. The molecule has 1 saturated carbocycles. The van der Waals surface area contributed by atoms with Crippen molar-refractivity contribution in [3.63, 3.8) is 0 Å². The van der Waals surface area contributed by atoms with Crippen LogP contribution in [0.3, 0.4) is 0 Å². The first-order valence-electron chi connectivity index (χ1n) is 11.4. The van der Waals surface area contributed by atoms with E-state index in [0.717, 1.165) is 5.56 Å². The number of hydrogen-bond acceptors (Lipinski definition) is 5. The van der Waals surface area contributed by atoms with Crippen molar-refractivity contribution in [3.05, 3.63) is 58.8 Å². The van der Waals surface area contributed by atoms with Crippen molar-refractivity contribution in [2.75, 3.05) is 18.1 Å². The third kappa shape index (κ3) is 4.03. The monoisotopic (exact) mass is 485 g/mol. The average Bonchev–Trinajstić information content (AvgIpc) is 3.37. The third-order valence-corrected chi connectivity index (χ3v) is 7.35. The number of aliphatic hydroxyl groups is 1. The van der Waals surface area contributed by atoms with Gasteiger partial charge in [0.15, 0.2) is 5.65 Å². The molecule has 8 nitrogen and oxygen atoms in total. The Hall–Kier alpha value is -3.04. The number of carbonyl (C=O) groups excluding carboxylic acids is 2. The molecule has 3 aromatic rings. The Morgan fingerprint density at radius 3 is 2.79 bits per heavy atom. The fourth-order valence-electron chi connectivity index (χ4n) is 5.12. The lowest BCUT2D eigenvalue weighted by atomic mass is 9.71. The fourth-order valence-corrected chi connectivity index (χ4v) is 5.39. The second-order valence-corrected chi connectivity index (χ2v) is 9.50. The van der Waals surface area contributed by atoms with Gasteiger partial charge in [-0.3, -0.25) is 9.59 Å². The normalized spacial score (nSPS) is 22.6. The number of rotatable bonds is 5. The maximum atomic E-state index is 13.4. The van der Waals surface area contributed by atoms with Crippen LogP contribution in [0.5, 0.6) is 0 Å². The summed E-state index contributed by atoms with van der Waals surface area (Å²) in [5, 5.41) is 16.6. The zero-order valence-electron chi connectivity index (χ0n) is 18.5. The molecule has 2 aromatic heterocycles. The maximum absolute atomic E-state index is 13.4. The molecule has 1 aromatic carbocycles. The van der Waals surface area contributed by atoms with Gasteiger partial charge in [-0.2, -0.15) is 5.10 Å². The Morgan fingerprint density at radius 2 is 2.06 bits per heavy atom. The number of halogens is 2. The van der Waals surface area contributed by atoms with Gasteiger partial charge in [-0.05, 0) is 62.3 Å². The van der Waals surface area contributed by atoms with Gasteiger partial charge in [-0.25, -0.2) is 13.9 Å². The van der Waals surface area contributed by atoms with E-state index in [2.05, 4.69) is 15.4 Å². The van der Waals surface area contributed by atoms with Crippen molar-refractivity contribution in [3.8, 4) is 0 Å². The molecule has 3 heterocycles. The molecule has 34 heavy (non-hydrogen) atoms. The number of nitrogens with one attached hydrogen (secondary N) is 1. The van der Waals surface area contributed by atoms with Gasteiger partial charge >= 0.3 is 0 Å². The number of aliphatic hydroxyl groups excluding tert-OH is 1. The van der Waals surface area contributed by atoms with Gasteiger partial charge < -0.3 is 15.3 Å². The smallest absolute Gasteiger partial charge is 0.256 e. The minimum atomic E-state index is -0.464. The van der Waals surface area contributed by atoms with Crippen molar-refractivity contribution in [1.29, 1.82) is 0 Å². The van der Waals surface area contributed by atoms with Gasteiger partial charge in [-0.1, -0.05) is 11.6 Å². The van der Waals surface area contributed by atoms with Crippen LogP contribution < -0.4 is 10.2 Å². The lowest BCUT2D eigenvalue weighted by Gasteiger charge is -2.36. The number of anilines is 1. The highest BCUT2D eigenvalue weighted by atomic mass is 35.5. The van der Waals surface area contributed by atoms with Crippen LogP contribution in [-0.4, -0.2) is 50.7 Å². The molecule has 2 aliphatic rings. The van der Waals surface area contributed by atoms with Crippen molar-refractivity contribution >= 4 is 34.7 Å². The molecule has 1 saturated heterocycles. The van der Waals surface area contributed by atoms with Gasteiger partial charge in [0.2, 0.25) is 5.91 Å². The molecule has 1 aliphatic heterocycles. The van der Waals surface area contributed by atoms with Crippen molar-refractivity contribution in [1.82, 2.24) is 19.9 Å². The minimum absolute atomic E-state index is 0.0160. The highest BCUT2D eigenvalue weighted by Crippen LogP contribution is 2.47. The number of benzene rings is 1. The van der Waals surface area contributed by atoms with E-state index in [0.29, 0.717) is 62.0 Å². The average molecular weight is 486 g/mol. The standard InChI is InChI=1S/C24H25ClFN5O3/c25-19-11-16(26)1-2-20(19)30-9-8-24(23(30)34)6-3-17(4-7-24)29-22(33)18-13-28-31-14-15(5-10-32)12-27-21(18)31/h1-2,11-14,17,32H,3-10H2,(H,29,33). The minimum Gasteiger partial charge on any atom is -0.396 e. The van der Waals surface area contributed by atoms with Crippen LogP contribution in [0, 0.1) is 11.2 Å². The summed E-state index contributed by atoms with van der Waals surface area (Å²) in [5.74, 6) is -0.648. The lowest BCUT2D eigenvalue weighted by molar-refractivity contribution is -0.127. The molecule has 10 heteroatoms. The Kier molecular flexibility index (Phi) is 5.99. The number of nitrogens with zero attached hydrogens (tertiary/aromatic N) is 4. The molecular weight excluding hydrogens is 461 g/mol. The molecule has 2 amide bonds. The predicted octanol–water partition coefficient (Wildman–Crippen LogP) is 3.15. The van der Waals surface area contributed by atoms with Gasteiger partial charge in [0.1, 0.15) is 11.4 Å². The summed E-state index contributed by atoms with van der Waals surface area (Å²) in [5.41, 5.74) is 1.77. The van der Waals surface area contributed by atoms with Crippen molar-refractivity contribution in [2.24, 2.45) is 5.41 Å². The van der Waals surface area contributed by atoms with E-state index in [1.54, 1.807) is 27.9 Å². The van der Waals surface area contributed by atoms with Crippen LogP contribution in [0.15, 0.2) is 36.8 Å². The fraction of sp³-hybridized carbons (Fsp3) is 0.417. The lowest BCUT2D eigenvalue weighted by Crippen LogP contribution is -2.43. The topological polar surface area (TPSA) is 99.8 Å². The Labute approximate surface area is 200 Å². The van der Waals surface area contributed by atoms with Crippen LogP contribution in [-0.2, 0) is 11.2 Å². The molecule has 1 aliphatic carbocycles. The number of fused-ring (bicyclic) bond motifs is 1. The first-order chi connectivity index (χ1) is 16.4. The molecular formula is C24H25ClFN5O3. The maximum Gasteiger partial charge on any atom is 0.256 e. The van der Waals surface area contributed by atoms with E-state index in [-0.39, 0.29) is 29.5 Å². The van der Waals surface area contributed by atoms with Gasteiger partial charge in [-0.15, -0.1) is 0 Å². The predicted molar refractivity (Wildman–Crippen MR) is 124 cm³/mol. The van der Waals surface area contributed by atoms with Crippen LogP contribution in [0.1, 0.15) is 48.0 Å². The molecule has 2 fully saturated rings. The summed E-state index contributed by atoms with van der Waals surface area (Å²) in [6.07, 6.45) is 8.80. The molecule has 2 N–H and O–H groups in total. The number of aromatic nitrogens is 3. The van der Waals surface area contributed by atoms with Gasteiger partial charge in [0, 0.05) is 31.6 Å². The summed E-state index contributed by atoms with van der Waals surface area (Å²) in [4.78, 5) is 32.2. The van der Waals surface area contributed by atoms with Crippen molar-refractivity contribution in [2.45, 2.75) is 44.6 Å². The van der Waals surface area contributed by atoms with Gasteiger partial charge in [0.05, 0.1) is 22.3 Å². The number of amides is 2. The van der Waals surface area contributed by atoms with Crippen LogP contribution in [0.4, 0.5) is 10.1 Å². The van der Waals surface area contributed by atoms with E-state index >= 15 is 0 Å². The van der Waals surface area contributed by atoms with Crippen LogP contribution in [0.2, 0.25) is 5.02 Å². The van der Waals surface area contributed by atoms with E-state index < -0.39 is 11.2 Å². The number of carbonyl (C=O) groups is 2. The number of hydrogen-bond donors (Lipinski definition) is 2. The van der Waals surface area contributed by atoms with E-state index in [4.69, 9.17) is 16.7 Å². The summed E-state index contributed by atoms with van der Waals surface area (Å²) in [7, 11) is 0. The van der Waals surface area contributed by atoms with Gasteiger partial charge in [0.25, 0.3) is 5.91 Å². The molecule has 0 unspecified atom stereocenters. The third-order valence-electron chi connectivity index (χ3n) is 7.05. The largest absolute Gasteiger partial charge is 0.396 e.